The SMILES string of the molecule is O=C(Nc1ccc(Br)cc1)C(=O)Nc1ccccc1N1CCOCC1. The van der Waals surface area contributed by atoms with E-state index in [1.54, 1.807) is 30.3 Å². The fraction of sp³-hybridized carbons (Fsp3) is 0.222. The third-order valence-corrected chi connectivity index (χ3v) is 4.34. The molecule has 1 aliphatic rings. The standard InChI is InChI=1S/C18H18BrN3O3/c19-13-5-7-14(8-6-13)20-17(23)18(24)21-15-3-1-2-4-16(15)22-9-11-25-12-10-22/h1-8H,9-12H2,(H,20,23)(H,21,24). The van der Waals surface area contributed by atoms with Gasteiger partial charge in [-0.3, -0.25) is 9.59 Å². The Hall–Kier alpha value is -2.38. The molecule has 0 unspecified atom stereocenters. The predicted octanol–water partition coefficient (Wildman–Crippen LogP) is 2.86. The van der Waals surface area contributed by atoms with E-state index >= 15 is 0 Å². The van der Waals surface area contributed by atoms with Crippen molar-refractivity contribution >= 4 is 44.8 Å². The van der Waals surface area contributed by atoms with Crippen LogP contribution in [0.3, 0.4) is 0 Å². The molecule has 1 aliphatic heterocycles. The number of halogens is 1. The first-order valence-corrected chi connectivity index (χ1v) is 8.72. The van der Waals surface area contributed by atoms with Gasteiger partial charge in [-0.15, -0.1) is 0 Å². The largest absolute Gasteiger partial charge is 0.378 e. The molecule has 0 saturated carbocycles. The number of rotatable bonds is 3. The average Bonchev–Trinajstić information content (AvgIpc) is 2.64. The molecule has 2 aromatic carbocycles. The molecule has 6 nitrogen and oxygen atoms in total. The smallest absolute Gasteiger partial charge is 0.314 e. The lowest BCUT2D eigenvalue weighted by atomic mass is 10.2. The highest BCUT2D eigenvalue weighted by Crippen LogP contribution is 2.26. The number of hydrogen-bond donors (Lipinski definition) is 2. The van der Waals surface area contributed by atoms with Gasteiger partial charge >= 0.3 is 11.8 Å². The van der Waals surface area contributed by atoms with Crippen molar-refractivity contribution in [1.82, 2.24) is 0 Å². The van der Waals surface area contributed by atoms with Crippen molar-refractivity contribution in [1.29, 1.82) is 0 Å². The Bertz CT molecular complexity index is 758. The average molecular weight is 404 g/mol. The van der Waals surface area contributed by atoms with Crippen molar-refractivity contribution in [2.24, 2.45) is 0 Å². The van der Waals surface area contributed by atoms with Crippen LogP contribution in [0.25, 0.3) is 0 Å². The molecule has 130 valence electrons. The molecule has 1 saturated heterocycles. The number of benzene rings is 2. The predicted molar refractivity (Wildman–Crippen MR) is 101 cm³/mol. The number of nitrogens with zero attached hydrogens (tertiary/aromatic N) is 1. The molecular weight excluding hydrogens is 386 g/mol. The molecule has 1 fully saturated rings. The molecule has 2 amide bonds. The van der Waals surface area contributed by atoms with Crippen LogP contribution >= 0.6 is 15.9 Å². The first kappa shape index (κ1) is 17.4. The summed E-state index contributed by atoms with van der Waals surface area (Å²) in [7, 11) is 0. The van der Waals surface area contributed by atoms with Crippen molar-refractivity contribution in [2.75, 3.05) is 41.8 Å². The van der Waals surface area contributed by atoms with Crippen LogP contribution in [0, 0.1) is 0 Å². The van der Waals surface area contributed by atoms with Gasteiger partial charge < -0.3 is 20.3 Å². The Kier molecular flexibility index (Phi) is 5.67. The fourth-order valence-electron chi connectivity index (χ4n) is 2.56. The highest BCUT2D eigenvalue weighted by molar-refractivity contribution is 9.10. The maximum atomic E-state index is 12.2. The van der Waals surface area contributed by atoms with Gasteiger partial charge in [-0.25, -0.2) is 0 Å². The third kappa shape index (κ3) is 4.58. The Labute approximate surface area is 154 Å². The molecule has 0 atom stereocenters. The minimum Gasteiger partial charge on any atom is -0.378 e. The van der Waals surface area contributed by atoms with E-state index in [2.05, 4.69) is 31.5 Å². The molecule has 2 N–H and O–H groups in total. The van der Waals surface area contributed by atoms with Gasteiger partial charge in [0.1, 0.15) is 0 Å². The second kappa shape index (κ2) is 8.13. The van der Waals surface area contributed by atoms with E-state index in [1.807, 2.05) is 18.2 Å². The van der Waals surface area contributed by atoms with Crippen LogP contribution in [0.15, 0.2) is 53.0 Å². The molecule has 1 heterocycles. The lowest BCUT2D eigenvalue weighted by Crippen LogP contribution is -2.37. The Morgan fingerprint density at radius 2 is 1.56 bits per heavy atom. The molecule has 0 aliphatic carbocycles. The zero-order valence-electron chi connectivity index (χ0n) is 13.5. The Balaban J connectivity index is 1.68. The highest BCUT2D eigenvalue weighted by Gasteiger charge is 2.19. The second-order valence-corrected chi connectivity index (χ2v) is 6.45. The summed E-state index contributed by atoms with van der Waals surface area (Å²) in [4.78, 5) is 26.5. The lowest BCUT2D eigenvalue weighted by molar-refractivity contribution is -0.132. The van der Waals surface area contributed by atoms with Crippen LogP contribution < -0.4 is 15.5 Å². The van der Waals surface area contributed by atoms with Crippen LogP contribution in [-0.2, 0) is 14.3 Å². The number of morpholine rings is 1. The summed E-state index contributed by atoms with van der Waals surface area (Å²) in [5.74, 6) is -1.41. The van der Waals surface area contributed by atoms with E-state index in [0.717, 1.165) is 23.2 Å². The quantitative estimate of drug-likeness (QED) is 0.772. The molecular formula is C18H18BrN3O3. The minimum atomic E-state index is -0.709. The number of para-hydroxylation sites is 2. The maximum Gasteiger partial charge on any atom is 0.314 e. The second-order valence-electron chi connectivity index (χ2n) is 5.53. The van der Waals surface area contributed by atoms with Gasteiger partial charge in [0.15, 0.2) is 0 Å². The van der Waals surface area contributed by atoms with E-state index in [9.17, 15) is 9.59 Å². The molecule has 25 heavy (non-hydrogen) atoms. The molecule has 0 bridgehead atoms. The van der Waals surface area contributed by atoms with Crippen LogP contribution in [0.4, 0.5) is 17.1 Å². The fourth-order valence-corrected chi connectivity index (χ4v) is 2.82. The third-order valence-electron chi connectivity index (χ3n) is 3.81. The van der Waals surface area contributed by atoms with Crippen LogP contribution in [-0.4, -0.2) is 38.1 Å². The molecule has 2 aromatic rings. The summed E-state index contributed by atoms with van der Waals surface area (Å²) in [6, 6.07) is 14.5. The first-order chi connectivity index (χ1) is 12.1. The maximum absolute atomic E-state index is 12.2. The van der Waals surface area contributed by atoms with Crippen LogP contribution in [0.2, 0.25) is 0 Å². The van der Waals surface area contributed by atoms with Crippen LogP contribution in [0.1, 0.15) is 0 Å². The Morgan fingerprint density at radius 1 is 0.920 bits per heavy atom. The molecule has 3 rings (SSSR count). The summed E-state index contributed by atoms with van der Waals surface area (Å²) in [6.07, 6.45) is 0. The van der Waals surface area contributed by atoms with E-state index in [1.165, 1.54) is 0 Å². The number of carbonyl (C=O) groups is 2. The van der Waals surface area contributed by atoms with Crippen molar-refractivity contribution in [3.63, 3.8) is 0 Å². The first-order valence-electron chi connectivity index (χ1n) is 7.93. The van der Waals surface area contributed by atoms with Crippen molar-refractivity contribution in [3.05, 3.63) is 53.0 Å². The number of amides is 2. The molecule has 0 radical (unpaired) electrons. The van der Waals surface area contributed by atoms with Gasteiger partial charge in [0.25, 0.3) is 0 Å². The van der Waals surface area contributed by atoms with Crippen LogP contribution in [0.5, 0.6) is 0 Å². The summed E-state index contributed by atoms with van der Waals surface area (Å²) < 4.78 is 6.26. The normalized spacial score (nSPS) is 14.0. The monoisotopic (exact) mass is 403 g/mol. The summed E-state index contributed by atoms with van der Waals surface area (Å²) in [6.45, 7) is 2.79. The summed E-state index contributed by atoms with van der Waals surface area (Å²) >= 11 is 3.33. The Morgan fingerprint density at radius 3 is 2.28 bits per heavy atom. The topological polar surface area (TPSA) is 70.7 Å². The van der Waals surface area contributed by atoms with Gasteiger partial charge in [0.2, 0.25) is 0 Å². The van der Waals surface area contributed by atoms with Gasteiger partial charge in [-0.1, -0.05) is 28.1 Å². The number of ether oxygens (including phenoxy) is 1. The number of carbonyl (C=O) groups excluding carboxylic acids is 2. The molecule has 0 aromatic heterocycles. The van der Waals surface area contributed by atoms with Crippen molar-refractivity contribution in [3.8, 4) is 0 Å². The van der Waals surface area contributed by atoms with Crippen molar-refractivity contribution in [2.45, 2.75) is 0 Å². The van der Waals surface area contributed by atoms with Crippen molar-refractivity contribution < 1.29 is 14.3 Å². The molecule has 7 heteroatoms. The van der Waals surface area contributed by atoms with E-state index in [0.29, 0.717) is 24.6 Å². The minimum absolute atomic E-state index is 0.560. The van der Waals surface area contributed by atoms with Gasteiger partial charge in [0.05, 0.1) is 24.6 Å². The zero-order chi connectivity index (χ0) is 17.6. The van der Waals surface area contributed by atoms with E-state index in [-0.39, 0.29) is 0 Å². The number of hydrogen-bond acceptors (Lipinski definition) is 4. The number of anilines is 3. The molecule has 0 spiro atoms. The van der Waals surface area contributed by atoms with E-state index in [4.69, 9.17) is 4.74 Å². The van der Waals surface area contributed by atoms with Gasteiger partial charge in [0, 0.05) is 23.2 Å². The zero-order valence-corrected chi connectivity index (χ0v) is 15.1. The number of nitrogens with one attached hydrogen (secondary N) is 2. The summed E-state index contributed by atoms with van der Waals surface area (Å²) in [5.41, 5.74) is 2.06. The lowest BCUT2D eigenvalue weighted by Gasteiger charge is -2.30. The van der Waals surface area contributed by atoms with Gasteiger partial charge in [-0.05, 0) is 36.4 Å². The highest BCUT2D eigenvalue weighted by atomic mass is 79.9. The van der Waals surface area contributed by atoms with Gasteiger partial charge in [-0.2, -0.15) is 0 Å². The summed E-state index contributed by atoms with van der Waals surface area (Å²) in [5, 5.41) is 5.28. The van der Waals surface area contributed by atoms with E-state index < -0.39 is 11.8 Å².